The highest BCUT2D eigenvalue weighted by atomic mass is 79.9. The van der Waals surface area contributed by atoms with E-state index >= 15 is 0 Å². The Morgan fingerprint density at radius 2 is 1.17 bits per heavy atom. The molecule has 0 heterocycles. The van der Waals surface area contributed by atoms with Crippen molar-refractivity contribution < 1.29 is 24.9 Å². The summed E-state index contributed by atoms with van der Waals surface area (Å²) in [5.74, 6) is -2.55. The van der Waals surface area contributed by atoms with Gasteiger partial charge in [-0.15, -0.1) is 0 Å². The van der Waals surface area contributed by atoms with Gasteiger partial charge in [-0.2, -0.15) is 0 Å². The average Bonchev–Trinajstić information content (AvgIpc) is 2.47. The zero-order valence-electron chi connectivity index (χ0n) is 12.6. The van der Waals surface area contributed by atoms with Gasteiger partial charge in [-0.05, 0) is 25.7 Å². The number of rotatable bonds is 10. The number of hydrogen-bond donors (Lipinski definition) is 3. The Hall–Kier alpha value is -1.08. The number of hydrogen-bond acceptors (Lipinski definition) is 5. The van der Waals surface area contributed by atoms with Crippen molar-refractivity contribution in [1.29, 1.82) is 0 Å². The third kappa shape index (κ3) is 5.49. The fraction of sp³-hybridized carbons (Fsp3) is 0.500. The molecule has 0 aliphatic rings. The number of carbonyl (C=O) groups excluding carboxylic acids is 2. The summed E-state index contributed by atoms with van der Waals surface area (Å²) in [5.41, 5.74) is -0.581. The molecule has 0 aliphatic heterocycles. The molecule has 0 radical (unpaired) electrons. The number of Topliss-reactive ketones (excluding diaryl/α,β-unsaturated/α-hetero) is 2. The van der Waals surface area contributed by atoms with Crippen LogP contribution in [0.15, 0.2) is 6.07 Å². The van der Waals surface area contributed by atoms with Gasteiger partial charge in [-0.25, -0.2) is 0 Å². The molecule has 0 bridgehead atoms. The summed E-state index contributed by atoms with van der Waals surface area (Å²) in [5, 5.41) is 31.4. The zero-order chi connectivity index (χ0) is 17.4. The van der Waals surface area contributed by atoms with Gasteiger partial charge in [0.05, 0.1) is 0 Å². The highest BCUT2D eigenvalue weighted by Gasteiger charge is 2.25. The minimum atomic E-state index is -0.629. The SMILES string of the molecule is O=C(CCCCBr)c1c(O)cc(O)c(C(=O)CCCCBr)c1O. The van der Waals surface area contributed by atoms with E-state index in [-0.39, 0.29) is 24.0 Å². The number of halogens is 2. The number of phenolic OH excluding ortho intramolecular Hbond substituents is 3. The van der Waals surface area contributed by atoms with Gasteiger partial charge in [0.2, 0.25) is 0 Å². The highest BCUT2D eigenvalue weighted by molar-refractivity contribution is 9.09. The second kappa shape index (κ2) is 9.93. The molecule has 1 aromatic carbocycles. The van der Waals surface area contributed by atoms with Gasteiger partial charge in [0.1, 0.15) is 28.4 Å². The summed E-state index contributed by atoms with van der Waals surface area (Å²) < 4.78 is 0. The molecule has 0 aromatic heterocycles. The van der Waals surface area contributed by atoms with E-state index in [0.717, 1.165) is 29.6 Å². The van der Waals surface area contributed by atoms with E-state index in [1.807, 2.05) is 0 Å². The zero-order valence-corrected chi connectivity index (χ0v) is 15.8. The van der Waals surface area contributed by atoms with Gasteiger partial charge < -0.3 is 15.3 Å². The number of benzene rings is 1. The molecule has 0 spiro atoms. The van der Waals surface area contributed by atoms with Crippen LogP contribution in [0.1, 0.15) is 59.2 Å². The maximum absolute atomic E-state index is 12.2. The molecule has 3 N–H and O–H groups in total. The fourth-order valence-electron chi connectivity index (χ4n) is 2.20. The third-order valence-electron chi connectivity index (χ3n) is 3.39. The Labute approximate surface area is 152 Å². The van der Waals surface area contributed by atoms with Crippen molar-refractivity contribution in [3.05, 3.63) is 17.2 Å². The van der Waals surface area contributed by atoms with Crippen molar-refractivity contribution >= 4 is 43.4 Å². The predicted octanol–water partition coefficient (Wildman–Crippen LogP) is 4.30. The van der Waals surface area contributed by atoms with E-state index < -0.39 is 28.8 Å². The van der Waals surface area contributed by atoms with Gasteiger partial charge in [0, 0.05) is 29.6 Å². The number of ketones is 2. The van der Waals surface area contributed by atoms with Gasteiger partial charge in [-0.1, -0.05) is 31.9 Å². The van der Waals surface area contributed by atoms with Crippen molar-refractivity contribution in [1.82, 2.24) is 0 Å². The Bertz CT molecular complexity index is 526. The molecule has 0 amide bonds. The van der Waals surface area contributed by atoms with E-state index in [4.69, 9.17) is 0 Å². The lowest BCUT2D eigenvalue weighted by atomic mass is 9.96. The van der Waals surface area contributed by atoms with E-state index in [2.05, 4.69) is 31.9 Å². The summed E-state index contributed by atoms with van der Waals surface area (Å²) >= 11 is 6.53. The maximum Gasteiger partial charge on any atom is 0.170 e. The van der Waals surface area contributed by atoms with Crippen LogP contribution in [0.5, 0.6) is 17.2 Å². The number of alkyl halides is 2. The van der Waals surface area contributed by atoms with Crippen LogP contribution in [0.2, 0.25) is 0 Å². The van der Waals surface area contributed by atoms with Crippen LogP contribution in [0.4, 0.5) is 0 Å². The molecule has 5 nitrogen and oxygen atoms in total. The molecule has 7 heteroatoms. The first-order valence-corrected chi connectivity index (χ1v) is 9.64. The van der Waals surface area contributed by atoms with E-state index in [0.29, 0.717) is 12.8 Å². The monoisotopic (exact) mass is 450 g/mol. The molecule has 0 atom stereocenters. The minimum Gasteiger partial charge on any atom is -0.507 e. The summed E-state index contributed by atoms with van der Waals surface area (Å²) in [7, 11) is 0. The number of aromatic hydroxyl groups is 3. The quantitative estimate of drug-likeness (QED) is 0.280. The van der Waals surface area contributed by atoms with Gasteiger partial charge in [0.15, 0.2) is 11.6 Å². The molecule has 128 valence electrons. The van der Waals surface area contributed by atoms with E-state index in [1.54, 1.807) is 0 Å². The van der Waals surface area contributed by atoms with Crippen LogP contribution in [0.3, 0.4) is 0 Å². The van der Waals surface area contributed by atoms with Gasteiger partial charge in [0.25, 0.3) is 0 Å². The lowest BCUT2D eigenvalue weighted by molar-refractivity contribution is 0.0972. The number of unbranched alkanes of at least 4 members (excludes halogenated alkanes) is 2. The summed E-state index contributed by atoms with van der Waals surface area (Å²) in [6.45, 7) is 0. The summed E-state index contributed by atoms with van der Waals surface area (Å²) in [6.07, 6.45) is 3.05. The molecule has 0 saturated carbocycles. The first-order chi connectivity index (χ1) is 10.9. The standard InChI is InChI=1S/C16H20Br2O5/c17-7-3-1-5-10(19)14-12(21)9-13(22)15(16(14)23)11(20)6-2-4-8-18/h9,21-23H,1-8H2. The minimum absolute atomic E-state index is 0.148. The number of phenols is 3. The number of carbonyl (C=O) groups is 2. The molecule has 23 heavy (non-hydrogen) atoms. The van der Waals surface area contributed by atoms with Crippen LogP contribution < -0.4 is 0 Å². The first kappa shape index (κ1) is 20.0. The first-order valence-electron chi connectivity index (χ1n) is 7.40. The van der Waals surface area contributed by atoms with E-state index in [1.165, 1.54) is 0 Å². The summed E-state index contributed by atoms with van der Waals surface area (Å²) in [6, 6.07) is 0.940. The fourth-order valence-corrected chi connectivity index (χ4v) is 2.99. The Balaban J connectivity index is 3.06. The highest BCUT2D eigenvalue weighted by Crippen LogP contribution is 2.39. The van der Waals surface area contributed by atoms with Crippen LogP contribution in [0, 0.1) is 0 Å². The molecule has 0 saturated heterocycles. The Kier molecular flexibility index (Phi) is 8.62. The van der Waals surface area contributed by atoms with E-state index in [9.17, 15) is 24.9 Å². The molecule has 0 unspecified atom stereocenters. The smallest absolute Gasteiger partial charge is 0.170 e. The Morgan fingerprint density at radius 1 is 0.783 bits per heavy atom. The summed E-state index contributed by atoms with van der Waals surface area (Å²) in [4.78, 5) is 24.3. The van der Waals surface area contributed by atoms with Crippen LogP contribution in [0.25, 0.3) is 0 Å². The predicted molar refractivity (Wildman–Crippen MR) is 95.4 cm³/mol. The van der Waals surface area contributed by atoms with Gasteiger partial charge in [-0.3, -0.25) is 9.59 Å². The lowest BCUT2D eigenvalue weighted by Gasteiger charge is -2.12. The van der Waals surface area contributed by atoms with Crippen molar-refractivity contribution in [2.75, 3.05) is 10.7 Å². The molecule has 1 rings (SSSR count). The van der Waals surface area contributed by atoms with Crippen LogP contribution >= 0.6 is 31.9 Å². The maximum atomic E-state index is 12.2. The lowest BCUT2D eigenvalue weighted by Crippen LogP contribution is -2.06. The van der Waals surface area contributed by atoms with Crippen molar-refractivity contribution in [2.24, 2.45) is 0 Å². The third-order valence-corrected chi connectivity index (χ3v) is 4.51. The molecule has 0 aliphatic carbocycles. The second-order valence-corrected chi connectivity index (χ2v) is 6.74. The topological polar surface area (TPSA) is 94.8 Å². The molecule has 0 fully saturated rings. The van der Waals surface area contributed by atoms with Crippen molar-refractivity contribution in [3.8, 4) is 17.2 Å². The van der Waals surface area contributed by atoms with Gasteiger partial charge >= 0.3 is 0 Å². The van der Waals surface area contributed by atoms with Crippen LogP contribution in [-0.4, -0.2) is 37.5 Å². The molecular formula is C16H20Br2O5. The largest absolute Gasteiger partial charge is 0.507 e. The Morgan fingerprint density at radius 3 is 1.52 bits per heavy atom. The normalized spacial score (nSPS) is 10.7. The molecular weight excluding hydrogens is 432 g/mol. The molecule has 1 aromatic rings. The van der Waals surface area contributed by atoms with Crippen molar-refractivity contribution in [3.63, 3.8) is 0 Å². The average molecular weight is 452 g/mol. The van der Waals surface area contributed by atoms with Crippen molar-refractivity contribution in [2.45, 2.75) is 38.5 Å². The second-order valence-electron chi connectivity index (χ2n) is 5.15. The van der Waals surface area contributed by atoms with Crippen LogP contribution in [-0.2, 0) is 0 Å².